The molecule has 0 saturated heterocycles. The van der Waals surface area contributed by atoms with Crippen molar-refractivity contribution in [1.82, 2.24) is 0 Å². The van der Waals surface area contributed by atoms with Gasteiger partial charge in [0.05, 0.1) is 17.9 Å². The minimum atomic E-state index is 0.147. The van der Waals surface area contributed by atoms with Gasteiger partial charge < -0.3 is 10.2 Å². The normalized spacial score (nSPS) is 17.9. The molecule has 108 valence electrons. The molecular weight excluding hydrogens is 328 g/mol. The van der Waals surface area contributed by atoms with Gasteiger partial charge in [-0.1, -0.05) is 40.2 Å². The van der Waals surface area contributed by atoms with Gasteiger partial charge in [0.1, 0.15) is 0 Å². The lowest BCUT2D eigenvalue weighted by atomic mass is 10.1. The molecule has 1 unspecified atom stereocenters. The zero-order valence-electron chi connectivity index (χ0n) is 11.8. The van der Waals surface area contributed by atoms with Crippen LogP contribution < -0.4 is 10.2 Å². The van der Waals surface area contributed by atoms with E-state index in [1.54, 1.807) is 0 Å². The van der Waals surface area contributed by atoms with E-state index >= 15 is 0 Å². The Balaban J connectivity index is 1.95. The zero-order valence-corrected chi connectivity index (χ0v) is 13.4. The van der Waals surface area contributed by atoms with Crippen LogP contribution >= 0.6 is 15.9 Å². The van der Waals surface area contributed by atoms with Gasteiger partial charge >= 0.3 is 0 Å². The van der Waals surface area contributed by atoms with E-state index in [1.165, 1.54) is 0 Å². The molecule has 1 amide bonds. The Bertz CT molecular complexity index is 654. The predicted octanol–water partition coefficient (Wildman–Crippen LogP) is 4.19. The van der Waals surface area contributed by atoms with E-state index in [9.17, 15) is 4.79 Å². The average Bonchev–Trinajstić information content (AvgIpc) is 2.58. The third kappa shape index (κ3) is 3.10. The van der Waals surface area contributed by atoms with Crippen LogP contribution in [-0.2, 0) is 11.3 Å². The average molecular weight is 345 g/mol. The summed E-state index contributed by atoms with van der Waals surface area (Å²) in [5.41, 5.74) is 3.10. The van der Waals surface area contributed by atoms with Gasteiger partial charge in [-0.15, -0.1) is 0 Å². The van der Waals surface area contributed by atoms with E-state index in [0.29, 0.717) is 13.0 Å². The number of hydrogen-bond donors (Lipinski definition) is 1. The van der Waals surface area contributed by atoms with Crippen molar-refractivity contribution < 1.29 is 4.79 Å². The number of rotatable bonds is 2. The van der Waals surface area contributed by atoms with E-state index in [1.807, 2.05) is 60.4 Å². The van der Waals surface area contributed by atoms with Crippen molar-refractivity contribution in [3.8, 4) is 0 Å². The van der Waals surface area contributed by atoms with Crippen LogP contribution in [0.25, 0.3) is 0 Å². The number of nitrogens with one attached hydrogen (secondary N) is 1. The van der Waals surface area contributed by atoms with E-state index in [4.69, 9.17) is 0 Å². The Hall–Kier alpha value is -1.81. The van der Waals surface area contributed by atoms with Gasteiger partial charge in [0.15, 0.2) is 0 Å². The highest BCUT2D eigenvalue weighted by molar-refractivity contribution is 9.10. The van der Waals surface area contributed by atoms with Gasteiger partial charge in [-0.05, 0) is 36.8 Å². The van der Waals surface area contributed by atoms with Crippen molar-refractivity contribution >= 4 is 33.2 Å². The first-order chi connectivity index (χ1) is 10.1. The summed E-state index contributed by atoms with van der Waals surface area (Å²) in [7, 11) is 0. The van der Waals surface area contributed by atoms with E-state index < -0.39 is 0 Å². The number of halogens is 1. The summed E-state index contributed by atoms with van der Waals surface area (Å²) in [6.45, 7) is 2.63. The van der Waals surface area contributed by atoms with Crippen molar-refractivity contribution in [3.63, 3.8) is 0 Å². The SMILES string of the molecule is CC1CC(=O)N(Cc2ccc(Br)cc2)c2ccccc2N1. The monoisotopic (exact) mass is 344 g/mol. The quantitative estimate of drug-likeness (QED) is 0.885. The maximum atomic E-state index is 12.5. The summed E-state index contributed by atoms with van der Waals surface area (Å²) >= 11 is 3.44. The van der Waals surface area contributed by atoms with Crippen LogP contribution in [0.5, 0.6) is 0 Å². The molecule has 0 fully saturated rings. The molecule has 1 atom stereocenters. The van der Waals surface area contributed by atoms with Crippen molar-refractivity contribution in [2.45, 2.75) is 25.9 Å². The van der Waals surface area contributed by atoms with Crippen LogP contribution in [0.4, 0.5) is 11.4 Å². The third-order valence-corrected chi connectivity index (χ3v) is 4.16. The number of carbonyl (C=O) groups is 1. The first kappa shape index (κ1) is 14.1. The van der Waals surface area contributed by atoms with Gasteiger partial charge in [0, 0.05) is 16.9 Å². The first-order valence-corrected chi connectivity index (χ1v) is 7.83. The molecule has 0 bridgehead atoms. The van der Waals surface area contributed by atoms with Gasteiger partial charge in [0.2, 0.25) is 5.91 Å². The maximum absolute atomic E-state index is 12.5. The number of nitrogens with zero attached hydrogens (tertiary/aromatic N) is 1. The number of carbonyl (C=O) groups excluding carboxylic acids is 1. The topological polar surface area (TPSA) is 32.3 Å². The maximum Gasteiger partial charge on any atom is 0.229 e. The molecular formula is C17H17BrN2O. The molecule has 3 nitrogen and oxygen atoms in total. The Labute approximate surface area is 133 Å². The fraction of sp³-hybridized carbons (Fsp3) is 0.235. The van der Waals surface area contributed by atoms with Crippen LogP contribution in [0.1, 0.15) is 18.9 Å². The number of anilines is 2. The molecule has 0 spiro atoms. The van der Waals surface area contributed by atoms with E-state index in [2.05, 4.69) is 21.2 Å². The molecule has 21 heavy (non-hydrogen) atoms. The second-order valence-electron chi connectivity index (χ2n) is 5.37. The molecule has 0 radical (unpaired) electrons. The van der Waals surface area contributed by atoms with Gasteiger partial charge in [-0.25, -0.2) is 0 Å². The number of para-hydroxylation sites is 2. The molecule has 2 aromatic carbocycles. The molecule has 4 heteroatoms. The molecule has 0 aliphatic carbocycles. The summed E-state index contributed by atoms with van der Waals surface area (Å²) in [6, 6.07) is 16.2. The largest absolute Gasteiger partial charge is 0.380 e. The minimum Gasteiger partial charge on any atom is -0.380 e. The smallest absolute Gasteiger partial charge is 0.229 e. The lowest BCUT2D eigenvalue weighted by Crippen LogP contribution is -2.31. The highest BCUT2D eigenvalue weighted by Crippen LogP contribution is 2.31. The fourth-order valence-corrected chi connectivity index (χ4v) is 2.86. The summed E-state index contributed by atoms with van der Waals surface area (Å²) < 4.78 is 1.05. The van der Waals surface area contributed by atoms with Crippen LogP contribution in [0, 0.1) is 0 Å². The van der Waals surface area contributed by atoms with Gasteiger partial charge in [-0.3, -0.25) is 4.79 Å². The van der Waals surface area contributed by atoms with E-state index in [-0.39, 0.29) is 11.9 Å². The van der Waals surface area contributed by atoms with Crippen LogP contribution in [0.3, 0.4) is 0 Å². The predicted molar refractivity (Wildman–Crippen MR) is 89.5 cm³/mol. The summed E-state index contributed by atoms with van der Waals surface area (Å²) in [6.07, 6.45) is 0.505. The number of amides is 1. The van der Waals surface area contributed by atoms with Crippen LogP contribution in [-0.4, -0.2) is 11.9 Å². The summed E-state index contributed by atoms with van der Waals surface area (Å²) in [5, 5.41) is 3.41. The summed E-state index contributed by atoms with van der Waals surface area (Å²) in [5.74, 6) is 0.155. The van der Waals surface area contributed by atoms with E-state index in [0.717, 1.165) is 21.4 Å². The lowest BCUT2D eigenvalue weighted by molar-refractivity contribution is -0.118. The molecule has 1 aliphatic rings. The number of hydrogen-bond acceptors (Lipinski definition) is 2. The highest BCUT2D eigenvalue weighted by Gasteiger charge is 2.25. The molecule has 0 saturated carbocycles. The number of fused-ring (bicyclic) bond motifs is 1. The molecule has 1 N–H and O–H groups in total. The van der Waals surface area contributed by atoms with Gasteiger partial charge in [-0.2, -0.15) is 0 Å². The van der Waals surface area contributed by atoms with Crippen molar-refractivity contribution in [1.29, 1.82) is 0 Å². The van der Waals surface area contributed by atoms with Crippen molar-refractivity contribution in [3.05, 3.63) is 58.6 Å². The van der Waals surface area contributed by atoms with Gasteiger partial charge in [0.25, 0.3) is 0 Å². The molecule has 1 aliphatic heterocycles. The second kappa shape index (κ2) is 5.90. The second-order valence-corrected chi connectivity index (χ2v) is 6.29. The Morgan fingerprint density at radius 1 is 1.19 bits per heavy atom. The minimum absolute atomic E-state index is 0.147. The van der Waals surface area contributed by atoms with Crippen LogP contribution in [0.2, 0.25) is 0 Å². The Morgan fingerprint density at radius 2 is 1.90 bits per heavy atom. The number of benzene rings is 2. The molecule has 1 heterocycles. The fourth-order valence-electron chi connectivity index (χ4n) is 2.60. The zero-order chi connectivity index (χ0) is 14.8. The molecule has 2 aromatic rings. The highest BCUT2D eigenvalue weighted by atomic mass is 79.9. The van der Waals surface area contributed by atoms with Crippen molar-refractivity contribution in [2.24, 2.45) is 0 Å². The Morgan fingerprint density at radius 3 is 2.67 bits per heavy atom. The lowest BCUT2D eigenvalue weighted by Gasteiger charge is -2.22. The molecule has 3 rings (SSSR count). The third-order valence-electron chi connectivity index (χ3n) is 3.63. The molecule has 0 aromatic heterocycles. The Kier molecular flexibility index (Phi) is 3.97. The summed E-state index contributed by atoms with van der Waals surface area (Å²) in [4.78, 5) is 14.4. The first-order valence-electron chi connectivity index (χ1n) is 7.04. The standard InChI is InChI=1S/C17H17BrN2O/c1-12-10-17(21)20(11-13-6-8-14(18)9-7-13)16-5-3-2-4-15(16)19-12/h2-9,12,19H,10-11H2,1H3. The van der Waals surface area contributed by atoms with Crippen molar-refractivity contribution in [2.75, 3.05) is 10.2 Å². The van der Waals surface area contributed by atoms with Crippen LogP contribution in [0.15, 0.2) is 53.0 Å².